The topological polar surface area (TPSA) is 44.8 Å². The summed E-state index contributed by atoms with van der Waals surface area (Å²) in [5, 5.41) is 0. The molecule has 126 valence electrons. The molecule has 4 heteroatoms. The molecule has 25 heavy (non-hydrogen) atoms. The Bertz CT molecular complexity index is 769. The van der Waals surface area contributed by atoms with Crippen molar-refractivity contribution in [3.05, 3.63) is 84.4 Å². The second-order valence-electron chi connectivity index (χ2n) is 5.24. The third kappa shape index (κ3) is 4.61. The molecular weight excluding hydrogens is 316 g/mol. The average Bonchev–Trinajstić information content (AvgIpc) is 2.63. The smallest absolute Gasteiger partial charge is 0.338 e. The monoisotopic (exact) mass is 334 g/mol. The molecule has 0 radical (unpaired) electrons. The average molecular weight is 334 g/mol. The molecule has 0 aliphatic carbocycles. The van der Waals surface area contributed by atoms with Gasteiger partial charge in [0.25, 0.3) is 0 Å². The molecule has 0 aromatic heterocycles. The Morgan fingerprint density at radius 3 is 1.64 bits per heavy atom. The zero-order chi connectivity index (χ0) is 17.5. The van der Waals surface area contributed by atoms with E-state index in [0.717, 1.165) is 0 Å². The van der Waals surface area contributed by atoms with Crippen molar-refractivity contribution >= 4 is 5.97 Å². The van der Waals surface area contributed by atoms with Gasteiger partial charge in [0.2, 0.25) is 0 Å². The summed E-state index contributed by atoms with van der Waals surface area (Å²) in [6.07, 6.45) is 0. The number of carbonyl (C=O) groups is 1. The van der Waals surface area contributed by atoms with Crippen molar-refractivity contribution in [3.8, 4) is 23.0 Å². The maximum Gasteiger partial charge on any atom is 0.338 e. The van der Waals surface area contributed by atoms with Crippen molar-refractivity contribution < 1.29 is 19.0 Å². The van der Waals surface area contributed by atoms with E-state index < -0.39 is 5.97 Å². The standard InChI is InChI=1S/C21H18O4/c1-2-23-21(22)16-13-19(24-17-9-5-3-6-10-17)15-20(14-16)25-18-11-7-4-8-12-18/h3-15H,2H2,1H3. The molecule has 0 spiro atoms. The highest BCUT2D eigenvalue weighted by Crippen LogP contribution is 2.30. The van der Waals surface area contributed by atoms with Gasteiger partial charge in [0.1, 0.15) is 23.0 Å². The molecule has 0 saturated heterocycles. The van der Waals surface area contributed by atoms with E-state index in [2.05, 4.69) is 0 Å². The Morgan fingerprint density at radius 2 is 1.20 bits per heavy atom. The summed E-state index contributed by atoms with van der Waals surface area (Å²) in [6, 6.07) is 23.7. The van der Waals surface area contributed by atoms with Crippen molar-refractivity contribution in [2.45, 2.75) is 6.92 Å². The molecule has 0 unspecified atom stereocenters. The van der Waals surface area contributed by atoms with E-state index in [-0.39, 0.29) is 0 Å². The highest BCUT2D eigenvalue weighted by atomic mass is 16.5. The van der Waals surface area contributed by atoms with Crippen molar-refractivity contribution in [1.82, 2.24) is 0 Å². The molecular formula is C21H18O4. The lowest BCUT2D eigenvalue weighted by molar-refractivity contribution is 0.0525. The summed E-state index contributed by atoms with van der Waals surface area (Å²) >= 11 is 0. The van der Waals surface area contributed by atoms with Crippen LogP contribution < -0.4 is 9.47 Å². The van der Waals surface area contributed by atoms with Crippen molar-refractivity contribution in [3.63, 3.8) is 0 Å². The van der Waals surface area contributed by atoms with E-state index in [1.807, 2.05) is 60.7 Å². The number of para-hydroxylation sites is 2. The fourth-order valence-electron chi connectivity index (χ4n) is 2.27. The van der Waals surface area contributed by atoms with Crippen LogP contribution in [0.1, 0.15) is 17.3 Å². The van der Waals surface area contributed by atoms with Gasteiger partial charge in [-0.3, -0.25) is 0 Å². The highest BCUT2D eigenvalue weighted by molar-refractivity contribution is 5.90. The van der Waals surface area contributed by atoms with Crippen LogP contribution in [0.15, 0.2) is 78.9 Å². The van der Waals surface area contributed by atoms with Crippen LogP contribution in [0.4, 0.5) is 0 Å². The third-order valence-corrected chi connectivity index (χ3v) is 3.35. The number of ether oxygens (including phenoxy) is 3. The van der Waals surface area contributed by atoms with Gasteiger partial charge in [0, 0.05) is 6.07 Å². The molecule has 3 aromatic carbocycles. The first-order valence-corrected chi connectivity index (χ1v) is 8.02. The molecule has 4 nitrogen and oxygen atoms in total. The fraction of sp³-hybridized carbons (Fsp3) is 0.0952. The van der Waals surface area contributed by atoms with Crippen LogP contribution in [-0.4, -0.2) is 12.6 Å². The quantitative estimate of drug-likeness (QED) is 0.562. The summed E-state index contributed by atoms with van der Waals surface area (Å²) in [5.41, 5.74) is 0.376. The molecule has 0 N–H and O–H groups in total. The zero-order valence-corrected chi connectivity index (χ0v) is 13.8. The normalized spacial score (nSPS) is 10.1. The molecule has 0 fully saturated rings. The molecule has 0 saturated carbocycles. The largest absolute Gasteiger partial charge is 0.462 e. The minimum atomic E-state index is -0.418. The Morgan fingerprint density at radius 1 is 0.720 bits per heavy atom. The Balaban J connectivity index is 1.91. The van der Waals surface area contributed by atoms with Crippen molar-refractivity contribution in [2.75, 3.05) is 6.61 Å². The summed E-state index contributed by atoms with van der Waals surface area (Å²) in [5.74, 6) is 1.94. The van der Waals surface area contributed by atoms with Crippen molar-refractivity contribution in [1.29, 1.82) is 0 Å². The summed E-state index contributed by atoms with van der Waals surface area (Å²) in [4.78, 5) is 12.1. The highest BCUT2D eigenvalue weighted by Gasteiger charge is 2.12. The number of benzene rings is 3. The second kappa shape index (κ2) is 8.02. The predicted molar refractivity (Wildman–Crippen MR) is 95.4 cm³/mol. The predicted octanol–water partition coefficient (Wildman–Crippen LogP) is 5.45. The lowest BCUT2D eigenvalue weighted by Gasteiger charge is -2.12. The number of hydrogen-bond acceptors (Lipinski definition) is 4. The van der Waals surface area contributed by atoms with Crippen LogP contribution in [0, 0.1) is 0 Å². The maximum absolute atomic E-state index is 12.1. The SMILES string of the molecule is CCOC(=O)c1cc(Oc2ccccc2)cc(Oc2ccccc2)c1. The molecule has 3 rings (SSSR count). The van der Waals surface area contributed by atoms with E-state index in [4.69, 9.17) is 14.2 Å². The van der Waals surface area contributed by atoms with E-state index in [1.54, 1.807) is 25.1 Å². The molecule has 0 amide bonds. The minimum absolute atomic E-state index is 0.303. The summed E-state index contributed by atoms with van der Waals surface area (Å²) in [7, 11) is 0. The Hall–Kier alpha value is -3.27. The van der Waals surface area contributed by atoms with E-state index in [9.17, 15) is 4.79 Å². The fourth-order valence-corrected chi connectivity index (χ4v) is 2.27. The van der Waals surface area contributed by atoms with Gasteiger partial charge in [0.05, 0.1) is 12.2 Å². The van der Waals surface area contributed by atoms with Crippen LogP contribution >= 0.6 is 0 Å². The van der Waals surface area contributed by atoms with Crippen LogP contribution in [-0.2, 0) is 4.74 Å². The summed E-state index contributed by atoms with van der Waals surface area (Å²) in [6.45, 7) is 2.07. The molecule has 0 aliphatic heterocycles. The summed E-state index contributed by atoms with van der Waals surface area (Å²) < 4.78 is 16.8. The van der Waals surface area contributed by atoms with Gasteiger partial charge in [-0.2, -0.15) is 0 Å². The van der Waals surface area contributed by atoms with E-state index in [1.165, 1.54) is 0 Å². The van der Waals surface area contributed by atoms with Gasteiger partial charge in [-0.05, 0) is 43.3 Å². The van der Waals surface area contributed by atoms with Gasteiger partial charge in [-0.15, -0.1) is 0 Å². The van der Waals surface area contributed by atoms with Gasteiger partial charge < -0.3 is 14.2 Å². The molecule has 0 aliphatic rings. The molecule has 0 bridgehead atoms. The van der Waals surface area contributed by atoms with Crippen LogP contribution in [0.2, 0.25) is 0 Å². The lowest BCUT2D eigenvalue weighted by atomic mass is 10.2. The second-order valence-corrected chi connectivity index (χ2v) is 5.24. The van der Waals surface area contributed by atoms with Gasteiger partial charge in [-0.1, -0.05) is 36.4 Å². The van der Waals surface area contributed by atoms with Gasteiger partial charge in [0.15, 0.2) is 0 Å². The lowest BCUT2D eigenvalue weighted by Crippen LogP contribution is -2.05. The number of rotatable bonds is 6. The van der Waals surface area contributed by atoms with Crippen LogP contribution in [0.25, 0.3) is 0 Å². The first-order valence-electron chi connectivity index (χ1n) is 8.02. The molecule has 0 atom stereocenters. The number of hydrogen-bond donors (Lipinski definition) is 0. The van der Waals surface area contributed by atoms with E-state index in [0.29, 0.717) is 35.2 Å². The number of carbonyl (C=O) groups excluding carboxylic acids is 1. The van der Waals surface area contributed by atoms with Gasteiger partial charge >= 0.3 is 5.97 Å². The minimum Gasteiger partial charge on any atom is -0.462 e. The Labute approximate surface area is 146 Å². The van der Waals surface area contributed by atoms with Crippen LogP contribution in [0.5, 0.6) is 23.0 Å². The Kier molecular flexibility index (Phi) is 5.32. The van der Waals surface area contributed by atoms with Gasteiger partial charge in [-0.25, -0.2) is 4.79 Å². The first kappa shape index (κ1) is 16.6. The molecule has 3 aromatic rings. The maximum atomic E-state index is 12.1. The third-order valence-electron chi connectivity index (χ3n) is 3.35. The van der Waals surface area contributed by atoms with E-state index >= 15 is 0 Å². The number of esters is 1. The van der Waals surface area contributed by atoms with Crippen molar-refractivity contribution in [2.24, 2.45) is 0 Å². The first-order chi connectivity index (χ1) is 12.2. The van der Waals surface area contributed by atoms with Crippen LogP contribution in [0.3, 0.4) is 0 Å². The zero-order valence-electron chi connectivity index (χ0n) is 13.8. The molecule has 0 heterocycles.